The number of ether oxygens (including phenoxy) is 1. The summed E-state index contributed by atoms with van der Waals surface area (Å²) in [5, 5.41) is 2.94. The number of imidazole rings is 1. The van der Waals surface area contributed by atoms with Crippen molar-refractivity contribution in [1.82, 2.24) is 19.8 Å². The van der Waals surface area contributed by atoms with Crippen molar-refractivity contribution in [1.29, 1.82) is 0 Å². The van der Waals surface area contributed by atoms with Gasteiger partial charge in [0.1, 0.15) is 0 Å². The predicted octanol–water partition coefficient (Wildman–Crippen LogP) is 0.951. The first kappa shape index (κ1) is 13.9. The van der Waals surface area contributed by atoms with E-state index in [0.29, 0.717) is 12.5 Å². The van der Waals surface area contributed by atoms with Gasteiger partial charge in [0, 0.05) is 51.1 Å². The van der Waals surface area contributed by atoms with Gasteiger partial charge in [-0.25, -0.2) is 9.78 Å². The Morgan fingerprint density at radius 1 is 1.63 bits per heavy atom. The van der Waals surface area contributed by atoms with E-state index in [2.05, 4.69) is 10.3 Å². The lowest BCUT2D eigenvalue weighted by Gasteiger charge is -2.24. The smallest absolute Gasteiger partial charge is 0.317 e. The molecule has 1 fully saturated rings. The van der Waals surface area contributed by atoms with Gasteiger partial charge in [0.2, 0.25) is 0 Å². The molecule has 1 unspecified atom stereocenters. The quantitative estimate of drug-likeness (QED) is 0.834. The summed E-state index contributed by atoms with van der Waals surface area (Å²) < 4.78 is 7.29. The van der Waals surface area contributed by atoms with Gasteiger partial charge in [-0.3, -0.25) is 0 Å². The largest absolute Gasteiger partial charge is 0.381 e. The van der Waals surface area contributed by atoms with Crippen LogP contribution in [0, 0.1) is 5.92 Å². The molecule has 0 aromatic carbocycles. The number of nitrogens with one attached hydrogen (secondary N) is 1. The number of carbonyl (C=O) groups excluding carboxylic acids is 1. The highest BCUT2D eigenvalue weighted by Gasteiger charge is 2.21. The zero-order valence-electron chi connectivity index (χ0n) is 11.4. The fourth-order valence-electron chi connectivity index (χ4n) is 2.22. The predicted molar refractivity (Wildman–Crippen MR) is 71.8 cm³/mol. The van der Waals surface area contributed by atoms with Gasteiger partial charge >= 0.3 is 6.03 Å². The van der Waals surface area contributed by atoms with E-state index in [0.717, 1.165) is 39.3 Å². The molecule has 0 radical (unpaired) electrons. The number of urea groups is 1. The van der Waals surface area contributed by atoms with Crippen LogP contribution in [0.3, 0.4) is 0 Å². The lowest BCUT2D eigenvalue weighted by Crippen LogP contribution is -2.43. The third kappa shape index (κ3) is 4.24. The van der Waals surface area contributed by atoms with Crippen LogP contribution in [-0.2, 0) is 11.3 Å². The number of nitrogens with zero attached hydrogens (tertiary/aromatic N) is 3. The molecule has 2 heterocycles. The van der Waals surface area contributed by atoms with Crippen LogP contribution in [0.5, 0.6) is 0 Å². The van der Waals surface area contributed by atoms with Gasteiger partial charge in [0.25, 0.3) is 0 Å². The summed E-state index contributed by atoms with van der Waals surface area (Å²) in [4.78, 5) is 17.9. The third-order valence-electron chi connectivity index (χ3n) is 3.38. The molecule has 6 nitrogen and oxygen atoms in total. The standard InChI is InChI=1S/C13H22N4O2/c1-2-17(9-12-3-8-19-10-12)13(18)15-5-7-16-6-4-14-11-16/h4,6,11-12H,2-3,5,7-10H2,1H3,(H,15,18). The van der Waals surface area contributed by atoms with E-state index in [1.807, 2.05) is 22.6 Å². The molecule has 0 spiro atoms. The van der Waals surface area contributed by atoms with E-state index in [4.69, 9.17) is 4.74 Å². The molecule has 0 aliphatic carbocycles. The molecule has 1 aromatic rings. The highest BCUT2D eigenvalue weighted by Crippen LogP contribution is 2.13. The minimum atomic E-state index is 0.00881. The van der Waals surface area contributed by atoms with Gasteiger partial charge < -0.3 is 19.5 Å². The molecule has 1 aliphatic heterocycles. The summed E-state index contributed by atoms with van der Waals surface area (Å²) >= 11 is 0. The van der Waals surface area contributed by atoms with Crippen LogP contribution in [0.2, 0.25) is 0 Å². The van der Waals surface area contributed by atoms with Crippen molar-refractivity contribution in [2.45, 2.75) is 19.9 Å². The van der Waals surface area contributed by atoms with E-state index in [-0.39, 0.29) is 6.03 Å². The molecule has 1 N–H and O–H groups in total. The van der Waals surface area contributed by atoms with E-state index in [1.54, 1.807) is 12.5 Å². The first-order valence-corrected chi connectivity index (χ1v) is 6.86. The zero-order valence-corrected chi connectivity index (χ0v) is 11.4. The van der Waals surface area contributed by atoms with Gasteiger partial charge in [0.05, 0.1) is 12.9 Å². The Balaban J connectivity index is 1.70. The van der Waals surface area contributed by atoms with Crippen LogP contribution in [0.25, 0.3) is 0 Å². The summed E-state index contributed by atoms with van der Waals surface area (Å²) in [6.45, 7) is 6.48. The highest BCUT2D eigenvalue weighted by molar-refractivity contribution is 5.74. The SMILES string of the molecule is CCN(CC1CCOC1)C(=O)NCCn1ccnc1. The Bertz CT molecular complexity index is 374. The molecular formula is C13H22N4O2. The Morgan fingerprint density at radius 3 is 3.16 bits per heavy atom. The number of carbonyl (C=O) groups is 1. The normalized spacial score (nSPS) is 18.5. The summed E-state index contributed by atoms with van der Waals surface area (Å²) in [5.41, 5.74) is 0. The lowest BCUT2D eigenvalue weighted by atomic mass is 10.1. The highest BCUT2D eigenvalue weighted by atomic mass is 16.5. The van der Waals surface area contributed by atoms with E-state index < -0.39 is 0 Å². The van der Waals surface area contributed by atoms with Crippen LogP contribution in [0.1, 0.15) is 13.3 Å². The second kappa shape index (κ2) is 7.13. The molecule has 0 saturated carbocycles. The topological polar surface area (TPSA) is 59.4 Å². The molecule has 6 heteroatoms. The number of aromatic nitrogens is 2. The number of rotatable bonds is 6. The van der Waals surface area contributed by atoms with Crippen molar-refractivity contribution in [3.05, 3.63) is 18.7 Å². The molecule has 2 rings (SSSR count). The number of amides is 2. The maximum Gasteiger partial charge on any atom is 0.317 e. The summed E-state index contributed by atoms with van der Waals surface area (Å²) in [5.74, 6) is 0.486. The van der Waals surface area contributed by atoms with E-state index >= 15 is 0 Å². The van der Waals surface area contributed by atoms with Crippen LogP contribution in [0.15, 0.2) is 18.7 Å². The Hall–Kier alpha value is -1.56. The Labute approximate surface area is 113 Å². The van der Waals surface area contributed by atoms with Crippen molar-refractivity contribution in [2.75, 3.05) is 32.8 Å². The van der Waals surface area contributed by atoms with Crippen molar-refractivity contribution < 1.29 is 9.53 Å². The molecule has 0 bridgehead atoms. The Kier molecular flexibility index (Phi) is 5.20. The first-order chi connectivity index (χ1) is 9.29. The summed E-state index contributed by atoms with van der Waals surface area (Å²) in [7, 11) is 0. The first-order valence-electron chi connectivity index (χ1n) is 6.86. The molecule has 19 heavy (non-hydrogen) atoms. The van der Waals surface area contributed by atoms with Crippen LogP contribution in [0.4, 0.5) is 4.79 Å². The molecule has 2 amide bonds. The van der Waals surface area contributed by atoms with Crippen molar-refractivity contribution in [2.24, 2.45) is 5.92 Å². The summed E-state index contributed by atoms with van der Waals surface area (Å²) in [6.07, 6.45) is 6.43. The molecule has 1 atom stereocenters. The lowest BCUT2D eigenvalue weighted by molar-refractivity contribution is 0.166. The van der Waals surface area contributed by atoms with Gasteiger partial charge in [-0.2, -0.15) is 0 Å². The molecule has 106 valence electrons. The molecular weight excluding hydrogens is 244 g/mol. The van der Waals surface area contributed by atoms with Gasteiger partial charge in [-0.05, 0) is 13.3 Å². The zero-order chi connectivity index (χ0) is 13.5. The maximum absolute atomic E-state index is 12.0. The number of hydrogen-bond donors (Lipinski definition) is 1. The van der Waals surface area contributed by atoms with E-state index in [9.17, 15) is 4.79 Å². The van der Waals surface area contributed by atoms with Crippen LogP contribution in [-0.4, -0.2) is 53.3 Å². The van der Waals surface area contributed by atoms with Crippen LogP contribution < -0.4 is 5.32 Å². The second-order valence-electron chi connectivity index (χ2n) is 4.80. The molecule has 1 saturated heterocycles. The van der Waals surface area contributed by atoms with Crippen molar-refractivity contribution in [3.8, 4) is 0 Å². The second-order valence-corrected chi connectivity index (χ2v) is 4.80. The molecule has 1 aliphatic rings. The minimum Gasteiger partial charge on any atom is -0.381 e. The van der Waals surface area contributed by atoms with Gasteiger partial charge in [-0.1, -0.05) is 0 Å². The Morgan fingerprint density at radius 2 is 2.53 bits per heavy atom. The van der Waals surface area contributed by atoms with Crippen LogP contribution >= 0.6 is 0 Å². The average Bonchev–Trinajstić information content (AvgIpc) is 3.08. The fraction of sp³-hybridized carbons (Fsp3) is 0.692. The minimum absolute atomic E-state index is 0.00881. The fourth-order valence-corrected chi connectivity index (χ4v) is 2.22. The third-order valence-corrected chi connectivity index (χ3v) is 3.38. The van der Waals surface area contributed by atoms with Crippen molar-refractivity contribution >= 4 is 6.03 Å². The van der Waals surface area contributed by atoms with E-state index in [1.165, 1.54) is 0 Å². The maximum atomic E-state index is 12.0. The van der Waals surface area contributed by atoms with Gasteiger partial charge in [0.15, 0.2) is 0 Å². The monoisotopic (exact) mass is 266 g/mol. The summed E-state index contributed by atoms with van der Waals surface area (Å²) in [6, 6.07) is 0.00881. The molecule has 1 aromatic heterocycles. The van der Waals surface area contributed by atoms with Gasteiger partial charge in [-0.15, -0.1) is 0 Å². The number of hydrogen-bond acceptors (Lipinski definition) is 3. The average molecular weight is 266 g/mol. The van der Waals surface area contributed by atoms with Crippen molar-refractivity contribution in [3.63, 3.8) is 0 Å².